The van der Waals surface area contributed by atoms with Gasteiger partial charge in [0.15, 0.2) is 0 Å². The second-order valence-electron chi connectivity index (χ2n) is 4.76. The maximum absolute atomic E-state index is 11.8. The number of hydrogen-bond acceptors (Lipinski definition) is 3. The van der Waals surface area contributed by atoms with Crippen LogP contribution in [0.5, 0.6) is 0 Å². The first-order valence-electron chi connectivity index (χ1n) is 5.05. The first-order chi connectivity index (χ1) is 7.37. The second-order valence-corrected chi connectivity index (χ2v) is 5.61. The molecule has 0 bridgehead atoms. The lowest BCUT2D eigenvalue weighted by atomic mass is 10.2. The minimum Gasteiger partial charge on any atom is -0.444 e. The predicted molar refractivity (Wildman–Crippen MR) is 61.7 cm³/mol. The molecule has 0 spiro atoms. The largest absolute Gasteiger partial charge is 0.444 e. The van der Waals surface area contributed by atoms with Crippen molar-refractivity contribution in [3.05, 3.63) is 16.4 Å². The van der Waals surface area contributed by atoms with Gasteiger partial charge in [0, 0.05) is 0 Å². The van der Waals surface area contributed by atoms with Crippen LogP contribution in [0, 0.1) is 0 Å². The lowest BCUT2D eigenvalue weighted by Gasteiger charge is -2.23. The zero-order valence-corrected chi connectivity index (χ0v) is 11.1. The fourth-order valence-electron chi connectivity index (χ4n) is 1.51. The van der Waals surface area contributed by atoms with E-state index in [9.17, 15) is 4.79 Å². The van der Waals surface area contributed by atoms with Crippen LogP contribution in [-0.2, 0) is 18.0 Å². The van der Waals surface area contributed by atoms with E-state index in [1.54, 1.807) is 15.8 Å². The fraction of sp³-hybridized carbons (Fsp3) is 0.600. The van der Waals surface area contributed by atoms with E-state index in [1.165, 1.54) is 0 Å². The van der Waals surface area contributed by atoms with Gasteiger partial charge in [0.2, 0.25) is 0 Å². The Kier molecular flexibility index (Phi) is 2.69. The molecule has 0 atom stereocenters. The van der Waals surface area contributed by atoms with Gasteiger partial charge in [-0.15, -0.1) is 0 Å². The topological polar surface area (TPSA) is 47.4 Å². The fourth-order valence-corrected chi connectivity index (χ4v) is 1.93. The first kappa shape index (κ1) is 11.4. The molecule has 1 aromatic rings. The molecule has 0 aromatic carbocycles. The number of nitrogens with zero attached hydrogens (tertiary/aromatic N) is 3. The van der Waals surface area contributed by atoms with Gasteiger partial charge in [-0.1, -0.05) is 0 Å². The van der Waals surface area contributed by atoms with Crippen molar-refractivity contribution in [3.8, 4) is 0 Å². The minimum absolute atomic E-state index is 0.301. The van der Waals surface area contributed by atoms with E-state index in [4.69, 9.17) is 4.74 Å². The number of rotatable bonds is 0. The molecule has 6 heteroatoms. The van der Waals surface area contributed by atoms with E-state index in [2.05, 4.69) is 21.0 Å². The minimum atomic E-state index is -0.459. The summed E-state index contributed by atoms with van der Waals surface area (Å²) in [6.07, 6.45) is 1.44. The molecule has 0 aliphatic carbocycles. The van der Waals surface area contributed by atoms with Crippen molar-refractivity contribution < 1.29 is 9.53 Å². The average molecular weight is 288 g/mol. The molecule has 0 saturated heterocycles. The van der Waals surface area contributed by atoms with E-state index >= 15 is 0 Å². The number of carbonyl (C=O) groups excluding carboxylic acids is 1. The molecule has 1 aliphatic rings. The summed E-state index contributed by atoms with van der Waals surface area (Å²) in [5, 5.41) is 4.15. The molecular weight excluding hydrogens is 274 g/mol. The number of amides is 1. The van der Waals surface area contributed by atoms with Crippen molar-refractivity contribution in [1.82, 2.24) is 14.7 Å². The molecule has 0 N–H and O–H groups in total. The predicted octanol–water partition coefficient (Wildman–Crippen LogP) is 2.35. The highest BCUT2D eigenvalue weighted by Crippen LogP contribution is 2.24. The van der Waals surface area contributed by atoms with Crippen LogP contribution in [0.2, 0.25) is 0 Å². The van der Waals surface area contributed by atoms with Crippen LogP contribution in [0.25, 0.3) is 0 Å². The number of aromatic nitrogens is 2. The maximum atomic E-state index is 11.8. The van der Waals surface area contributed by atoms with Gasteiger partial charge in [-0.3, -0.25) is 4.90 Å². The summed E-state index contributed by atoms with van der Waals surface area (Å²) in [5.41, 5.74) is 0.546. The maximum Gasteiger partial charge on any atom is 0.412 e. The molecule has 1 aromatic heterocycles. The summed E-state index contributed by atoms with van der Waals surface area (Å²) >= 11 is 3.39. The van der Waals surface area contributed by atoms with Crippen LogP contribution in [0.15, 0.2) is 10.7 Å². The third-order valence-corrected chi connectivity index (χ3v) is 2.86. The van der Waals surface area contributed by atoms with E-state index in [-0.39, 0.29) is 6.09 Å². The molecule has 16 heavy (non-hydrogen) atoms. The van der Waals surface area contributed by atoms with Crippen LogP contribution in [0.1, 0.15) is 26.5 Å². The molecule has 1 aliphatic heterocycles. The molecule has 5 nitrogen and oxygen atoms in total. The van der Waals surface area contributed by atoms with Crippen LogP contribution in [0.4, 0.5) is 4.79 Å². The number of hydrogen-bond donors (Lipinski definition) is 0. The number of carbonyl (C=O) groups is 1. The Balaban J connectivity index is 2.04. The summed E-state index contributed by atoms with van der Waals surface area (Å²) in [5.74, 6) is 0. The molecule has 0 unspecified atom stereocenters. The van der Waals surface area contributed by atoms with Gasteiger partial charge in [-0.2, -0.15) is 5.10 Å². The molecule has 0 saturated carbocycles. The first-order valence-corrected chi connectivity index (χ1v) is 5.84. The van der Waals surface area contributed by atoms with Crippen LogP contribution >= 0.6 is 15.9 Å². The summed E-state index contributed by atoms with van der Waals surface area (Å²) in [7, 11) is 0. The lowest BCUT2D eigenvalue weighted by molar-refractivity contribution is 0.0213. The molecule has 2 heterocycles. The van der Waals surface area contributed by atoms with Gasteiger partial charge in [-0.25, -0.2) is 9.48 Å². The normalized spacial score (nSPS) is 15.1. The number of halogens is 1. The molecule has 0 fully saturated rings. The lowest BCUT2D eigenvalue weighted by Crippen LogP contribution is -2.34. The molecule has 1 amide bonds. The van der Waals surface area contributed by atoms with E-state index < -0.39 is 5.60 Å². The Morgan fingerprint density at radius 2 is 2.25 bits per heavy atom. The van der Waals surface area contributed by atoms with E-state index in [0.29, 0.717) is 13.2 Å². The molecule has 88 valence electrons. The summed E-state index contributed by atoms with van der Waals surface area (Å²) < 4.78 is 8.01. The highest BCUT2D eigenvalue weighted by molar-refractivity contribution is 9.10. The average Bonchev–Trinajstić information content (AvgIpc) is 2.65. The summed E-state index contributed by atoms with van der Waals surface area (Å²) in [6, 6.07) is 0. The standard InChI is InChI=1S/C10H14BrN3O2/c1-10(2,3)16-9(15)13-5-8-7(11)4-12-14(8)6-13/h4H,5-6H2,1-3H3. The van der Waals surface area contributed by atoms with Crippen molar-refractivity contribution in [2.45, 2.75) is 39.6 Å². The zero-order chi connectivity index (χ0) is 11.9. The van der Waals surface area contributed by atoms with Crippen molar-refractivity contribution in [2.24, 2.45) is 0 Å². The highest BCUT2D eigenvalue weighted by Gasteiger charge is 2.29. The Hall–Kier alpha value is -1.04. The van der Waals surface area contributed by atoms with Crippen molar-refractivity contribution in [3.63, 3.8) is 0 Å². The zero-order valence-electron chi connectivity index (χ0n) is 9.53. The third kappa shape index (κ3) is 2.21. The Morgan fingerprint density at radius 1 is 1.56 bits per heavy atom. The van der Waals surface area contributed by atoms with Crippen LogP contribution in [0.3, 0.4) is 0 Å². The molecule has 0 radical (unpaired) electrons. The second kappa shape index (κ2) is 3.76. The monoisotopic (exact) mass is 287 g/mol. The van der Waals surface area contributed by atoms with E-state index in [1.807, 2.05) is 20.8 Å². The van der Waals surface area contributed by atoms with Gasteiger partial charge in [0.25, 0.3) is 0 Å². The van der Waals surface area contributed by atoms with E-state index in [0.717, 1.165) is 10.2 Å². The Morgan fingerprint density at radius 3 is 2.81 bits per heavy atom. The van der Waals surface area contributed by atoms with Crippen LogP contribution in [-0.4, -0.2) is 26.4 Å². The van der Waals surface area contributed by atoms with Gasteiger partial charge >= 0.3 is 6.09 Å². The highest BCUT2D eigenvalue weighted by atomic mass is 79.9. The number of fused-ring (bicyclic) bond motifs is 1. The van der Waals surface area contributed by atoms with Crippen molar-refractivity contribution >= 4 is 22.0 Å². The smallest absolute Gasteiger partial charge is 0.412 e. The van der Waals surface area contributed by atoms with Crippen molar-refractivity contribution in [1.29, 1.82) is 0 Å². The van der Waals surface area contributed by atoms with Gasteiger partial charge < -0.3 is 4.74 Å². The number of ether oxygens (including phenoxy) is 1. The van der Waals surface area contributed by atoms with Gasteiger partial charge in [-0.05, 0) is 36.7 Å². The van der Waals surface area contributed by atoms with Gasteiger partial charge in [0.1, 0.15) is 12.3 Å². The third-order valence-electron chi connectivity index (χ3n) is 2.19. The summed E-state index contributed by atoms with van der Waals surface area (Å²) in [6.45, 7) is 6.56. The molecular formula is C10H14BrN3O2. The van der Waals surface area contributed by atoms with Crippen LogP contribution < -0.4 is 0 Å². The summed E-state index contributed by atoms with van der Waals surface area (Å²) in [4.78, 5) is 13.4. The molecule has 2 rings (SSSR count). The SMILES string of the molecule is CC(C)(C)OC(=O)N1Cc2c(Br)cnn2C1. The Bertz CT molecular complexity index is 422. The van der Waals surface area contributed by atoms with Crippen molar-refractivity contribution in [2.75, 3.05) is 0 Å². The Labute approximate surface area is 102 Å². The quantitative estimate of drug-likeness (QED) is 0.736. The van der Waals surface area contributed by atoms with Gasteiger partial charge in [0.05, 0.1) is 22.9 Å².